The molecule has 1 aromatic rings. The molecule has 0 unspecified atom stereocenters. The smallest absolute Gasteiger partial charge is 0.383 e. The molecule has 0 aromatic heterocycles. The second kappa shape index (κ2) is 7.25. The molecule has 0 fully saturated rings. The number of hydrogen-bond donors (Lipinski definition) is 1. The first-order valence-electron chi connectivity index (χ1n) is 6.05. The number of ether oxygens (including phenoxy) is 1. The van der Waals surface area contributed by atoms with Gasteiger partial charge in [0.1, 0.15) is 0 Å². The van der Waals surface area contributed by atoms with Crippen LogP contribution in [0, 0.1) is 0 Å². The number of hydrogen-bond acceptors (Lipinski definition) is 3. The number of rotatable bonds is 6. The summed E-state index contributed by atoms with van der Waals surface area (Å²) < 4.78 is 42.2. The van der Waals surface area contributed by atoms with E-state index in [1.165, 1.54) is 24.1 Å². The summed E-state index contributed by atoms with van der Waals surface area (Å²) in [5.41, 5.74) is 4.83. The average molecular weight is 290 g/mol. The summed E-state index contributed by atoms with van der Waals surface area (Å²) in [6, 6.07) is 4.12. The van der Waals surface area contributed by atoms with Crippen LogP contribution < -0.4 is 5.73 Å². The Morgan fingerprint density at radius 2 is 1.85 bits per heavy atom. The molecular weight excluding hydrogens is 273 g/mol. The fraction of sp³-hybridized carbons (Fsp3) is 0.462. The molecule has 0 aliphatic rings. The highest BCUT2D eigenvalue weighted by Crippen LogP contribution is 2.29. The Labute approximate surface area is 115 Å². The Morgan fingerprint density at radius 1 is 1.25 bits per heavy atom. The van der Waals surface area contributed by atoms with Crippen molar-refractivity contribution in [3.05, 3.63) is 35.4 Å². The van der Waals surface area contributed by atoms with Gasteiger partial charge in [-0.25, -0.2) is 0 Å². The third-order valence-corrected chi connectivity index (χ3v) is 2.71. The van der Waals surface area contributed by atoms with Gasteiger partial charge in [0.15, 0.2) is 0 Å². The van der Waals surface area contributed by atoms with E-state index in [2.05, 4.69) is 0 Å². The van der Waals surface area contributed by atoms with E-state index in [0.29, 0.717) is 19.7 Å². The maximum Gasteiger partial charge on any atom is 0.416 e. The molecule has 0 saturated carbocycles. The Bertz CT molecular complexity index is 432. The van der Waals surface area contributed by atoms with Crippen LogP contribution in [0.25, 0.3) is 0 Å². The Hall–Kier alpha value is -1.60. The van der Waals surface area contributed by atoms with E-state index >= 15 is 0 Å². The van der Waals surface area contributed by atoms with Crippen LogP contribution in [0.3, 0.4) is 0 Å². The van der Waals surface area contributed by atoms with Crippen molar-refractivity contribution in [1.29, 1.82) is 0 Å². The van der Waals surface area contributed by atoms with Crippen molar-refractivity contribution in [2.24, 2.45) is 5.73 Å². The van der Waals surface area contributed by atoms with E-state index < -0.39 is 11.7 Å². The fourth-order valence-electron chi connectivity index (χ4n) is 1.66. The predicted molar refractivity (Wildman–Crippen MR) is 68.3 cm³/mol. The van der Waals surface area contributed by atoms with Crippen LogP contribution in [0.15, 0.2) is 24.3 Å². The zero-order valence-corrected chi connectivity index (χ0v) is 11.1. The first-order chi connectivity index (χ1) is 9.40. The topological polar surface area (TPSA) is 55.6 Å². The molecule has 0 saturated heterocycles. The summed E-state index contributed by atoms with van der Waals surface area (Å²) in [4.78, 5) is 13.6. The minimum Gasteiger partial charge on any atom is -0.383 e. The van der Waals surface area contributed by atoms with Gasteiger partial charge < -0.3 is 15.4 Å². The minimum atomic E-state index is -4.41. The molecule has 2 N–H and O–H groups in total. The van der Waals surface area contributed by atoms with Gasteiger partial charge in [-0.05, 0) is 24.3 Å². The highest BCUT2D eigenvalue weighted by Gasteiger charge is 2.30. The van der Waals surface area contributed by atoms with Gasteiger partial charge in [0, 0.05) is 32.3 Å². The first-order valence-corrected chi connectivity index (χ1v) is 6.05. The van der Waals surface area contributed by atoms with Crippen molar-refractivity contribution in [3.63, 3.8) is 0 Å². The maximum absolute atomic E-state index is 12.4. The molecule has 0 spiro atoms. The normalized spacial score (nSPS) is 11.4. The number of nitrogens with two attached hydrogens (primary N) is 1. The summed E-state index contributed by atoms with van der Waals surface area (Å²) in [5.74, 6) is -0.360. The summed E-state index contributed by atoms with van der Waals surface area (Å²) in [5, 5.41) is 0. The molecule has 112 valence electrons. The third-order valence-electron chi connectivity index (χ3n) is 2.71. The third kappa shape index (κ3) is 4.50. The molecule has 7 heteroatoms. The van der Waals surface area contributed by atoms with E-state index in [4.69, 9.17) is 10.5 Å². The van der Waals surface area contributed by atoms with Crippen LogP contribution in [0.2, 0.25) is 0 Å². The Balaban J connectivity index is 2.83. The van der Waals surface area contributed by atoms with Gasteiger partial charge in [-0.3, -0.25) is 4.79 Å². The van der Waals surface area contributed by atoms with Crippen molar-refractivity contribution in [1.82, 2.24) is 4.90 Å². The second-order valence-corrected chi connectivity index (χ2v) is 4.15. The zero-order chi connectivity index (χ0) is 15.2. The van der Waals surface area contributed by atoms with E-state index in [9.17, 15) is 18.0 Å². The minimum absolute atomic E-state index is 0.197. The second-order valence-electron chi connectivity index (χ2n) is 4.15. The molecule has 4 nitrogen and oxygen atoms in total. The van der Waals surface area contributed by atoms with Crippen LogP contribution in [0.5, 0.6) is 0 Å². The molecule has 0 radical (unpaired) electrons. The highest BCUT2D eigenvalue weighted by molar-refractivity contribution is 5.94. The van der Waals surface area contributed by atoms with Gasteiger partial charge in [0.2, 0.25) is 0 Å². The van der Waals surface area contributed by atoms with Crippen molar-refractivity contribution >= 4 is 5.91 Å². The molecule has 20 heavy (non-hydrogen) atoms. The highest BCUT2D eigenvalue weighted by atomic mass is 19.4. The zero-order valence-electron chi connectivity index (χ0n) is 11.1. The molecular formula is C13H17F3N2O2. The fourth-order valence-corrected chi connectivity index (χ4v) is 1.66. The van der Waals surface area contributed by atoms with Crippen molar-refractivity contribution in [2.45, 2.75) is 6.18 Å². The number of methoxy groups -OCH3 is 1. The Morgan fingerprint density at radius 3 is 2.30 bits per heavy atom. The van der Waals surface area contributed by atoms with E-state index in [-0.39, 0.29) is 18.0 Å². The molecule has 1 aromatic carbocycles. The standard InChI is InChI=1S/C13H17F3N2O2/c1-20-9-8-18(7-6-17)12(19)10-2-4-11(5-3-10)13(14,15)16/h2-5H,6-9,17H2,1H3. The Kier molecular flexibility index (Phi) is 5.97. The molecule has 1 amide bonds. The number of amides is 1. The molecule has 0 bridgehead atoms. The number of nitrogens with zero attached hydrogens (tertiary/aromatic N) is 1. The van der Waals surface area contributed by atoms with Gasteiger partial charge >= 0.3 is 6.18 Å². The van der Waals surface area contributed by atoms with Crippen molar-refractivity contribution < 1.29 is 22.7 Å². The lowest BCUT2D eigenvalue weighted by molar-refractivity contribution is -0.137. The van der Waals surface area contributed by atoms with E-state index in [1.54, 1.807) is 0 Å². The number of carbonyl (C=O) groups is 1. The largest absolute Gasteiger partial charge is 0.416 e. The van der Waals surface area contributed by atoms with Crippen LogP contribution >= 0.6 is 0 Å². The van der Waals surface area contributed by atoms with Crippen LogP contribution in [-0.4, -0.2) is 44.2 Å². The number of halogens is 3. The molecule has 0 heterocycles. The number of carbonyl (C=O) groups excluding carboxylic acids is 1. The van der Waals surface area contributed by atoms with Gasteiger partial charge in [0.05, 0.1) is 12.2 Å². The van der Waals surface area contributed by atoms with Crippen LogP contribution in [0.1, 0.15) is 15.9 Å². The summed E-state index contributed by atoms with van der Waals surface area (Å²) in [7, 11) is 1.50. The number of benzene rings is 1. The van der Waals surface area contributed by atoms with Crippen molar-refractivity contribution in [2.75, 3.05) is 33.4 Å². The maximum atomic E-state index is 12.4. The van der Waals surface area contributed by atoms with Crippen molar-refractivity contribution in [3.8, 4) is 0 Å². The summed E-state index contributed by atoms with van der Waals surface area (Å²) in [6.45, 7) is 1.28. The lowest BCUT2D eigenvalue weighted by atomic mass is 10.1. The molecule has 1 rings (SSSR count). The monoisotopic (exact) mass is 290 g/mol. The SMILES string of the molecule is COCCN(CCN)C(=O)c1ccc(C(F)(F)F)cc1. The van der Waals surface area contributed by atoms with Gasteiger partial charge in [-0.1, -0.05) is 0 Å². The quantitative estimate of drug-likeness (QED) is 0.868. The lowest BCUT2D eigenvalue weighted by Gasteiger charge is -2.21. The predicted octanol–water partition coefficient (Wildman–Crippen LogP) is 1.75. The summed E-state index contributed by atoms with van der Waals surface area (Å²) >= 11 is 0. The van der Waals surface area contributed by atoms with Gasteiger partial charge in [-0.15, -0.1) is 0 Å². The average Bonchev–Trinajstić information content (AvgIpc) is 2.42. The van der Waals surface area contributed by atoms with E-state index in [0.717, 1.165) is 12.1 Å². The number of alkyl halides is 3. The summed E-state index contributed by atoms with van der Waals surface area (Å²) in [6.07, 6.45) is -4.41. The van der Waals surface area contributed by atoms with Gasteiger partial charge in [0.25, 0.3) is 5.91 Å². The lowest BCUT2D eigenvalue weighted by Crippen LogP contribution is -2.37. The first kappa shape index (κ1) is 16.5. The van der Waals surface area contributed by atoms with Gasteiger partial charge in [-0.2, -0.15) is 13.2 Å². The molecule has 0 aliphatic heterocycles. The molecule has 0 aliphatic carbocycles. The molecule has 0 atom stereocenters. The van der Waals surface area contributed by atoms with Crippen LogP contribution in [-0.2, 0) is 10.9 Å². The van der Waals surface area contributed by atoms with Crippen LogP contribution in [0.4, 0.5) is 13.2 Å². The van der Waals surface area contributed by atoms with E-state index in [1.807, 2.05) is 0 Å².